The van der Waals surface area contributed by atoms with Crippen molar-refractivity contribution >= 4 is 10.9 Å². The number of methoxy groups -OCH3 is 1. The van der Waals surface area contributed by atoms with Gasteiger partial charge >= 0.3 is 0 Å². The number of hydrogen-bond acceptors (Lipinski definition) is 2. The molecule has 0 fully saturated rings. The normalized spacial score (nSPS) is 23.5. The number of fused-ring (bicyclic) bond motifs is 3. The summed E-state index contributed by atoms with van der Waals surface area (Å²) in [5, 5.41) is 0.991. The predicted molar refractivity (Wildman–Crippen MR) is 69.8 cm³/mol. The average Bonchev–Trinajstić information content (AvgIpc) is 2.59. The van der Waals surface area contributed by atoms with Crippen molar-refractivity contribution in [1.29, 1.82) is 0 Å². The van der Waals surface area contributed by atoms with Crippen molar-refractivity contribution in [3.05, 3.63) is 29.5 Å². The zero-order valence-corrected chi connectivity index (χ0v) is 9.42. The van der Waals surface area contributed by atoms with Crippen LogP contribution in [-0.4, -0.2) is 37.0 Å². The Labute approximate surface area is 110 Å². The number of aromatic amines is 1. The van der Waals surface area contributed by atoms with E-state index >= 15 is 0 Å². The number of nitrogens with zero attached hydrogens (tertiary/aromatic N) is 1. The van der Waals surface area contributed by atoms with Gasteiger partial charge in [-0.25, -0.2) is 0 Å². The zero-order valence-electron chi connectivity index (χ0n) is 15.4. The van der Waals surface area contributed by atoms with Crippen LogP contribution in [0.25, 0.3) is 10.9 Å². The molecule has 0 aliphatic carbocycles. The van der Waals surface area contributed by atoms with Gasteiger partial charge in [0.05, 0.1) is 11.2 Å². The minimum absolute atomic E-state index is 0.290. The molecule has 3 nitrogen and oxygen atoms in total. The molecule has 90 valence electrons. The van der Waals surface area contributed by atoms with E-state index < -0.39 is 14.0 Å². The van der Waals surface area contributed by atoms with Gasteiger partial charge in [0, 0.05) is 46.3 Å². The molecule has 0 unspecified atom stereocenters. The first-order valence-electron chi connectivity index (χ1n) is 8.71. The van der Waals surface area contributed by atoms with Crippen LogP contribution in [0.2, 0.25) is 0 Å². The average molecular weight is 236 g/mol. The molecule has 0 spiro atoms. The van der Waals surface area contributed by atoms with Gasteiger partial charge in [0.1, 0.15) is 5.75 Å². The van der Waals surface area contributed by atoms with Crippen LogP contribution in [0.1, 0.15) is 19.5 Å². The van der Waals surface area contributed by atoms with Crippen LogP contribution in [0.3, 0.4) is 0 Å². The van der Waals surface area contributed by atoms with Crippen LogP contribution in [0.5, 0.6) is 5.75 Å². The lowest BCUT2D eigenvalue weighted by Gasteiger charge is -2.11. The maximum atomic E-state index is 7.54. The molecule has 17 heavy (non-hydrogen) atoms. The number of aromatic nitrogens is 1. The molecule has 0 bridgehead atoms. The van der Waals surface area contributed by atoms with Crippen LogP contribution < -0.4 is 4.74 Å². The van der Waals surface area contributed by atoms with E-state index in [4.69, 9.17) is 13.0 Å². The Bertz CT molecular complexity index is 718. The predicted octanol–water partition coefficient (Wildman–Crippen LogP) is 2.21. The summed E-state index contributed by atoms with van der Waals surface area (Å²) in [6.45, 7) is -1.13. The first-order chi connectivity index (χ1) is 10.6. The molecule has 0 saturated carbocycles. The monoisotopic (exact) mass is 236 g/mol. The summed E-state index contributed by atoms with van der Waals surface area (Å²) in [5.74, 6) is 0.290. The highest BCUT2D eigenvalue weighted by molar-refractivity contribution is 5.86. The van der Waals surface area contributed by atoms with Gasteiger partial charge in [-0.05, 0) is 31.1 Å². The second-order valence-electron chi connectivity index (χ2n) is 4.38. The third kappa shape index (κ3) is 1.80. The quantitative estimate of drug-likeness (QED) is 0.822. The van der Waals surface area contributed by atoms with Crippen molar-refractivity contribution in [3.63, 3.8) is 0 Å². The molecule has 3 rings (SSSR count). The standard InChI is InChI=1S/C14H18N2O/c1-16-7-5-12-11-4-3-10(17-2)9-14(11)15-13(12)6-8-16/h3-4,9,15H,5-8H2,1-2H3/i1D3,2D3. The van der Waals surface area contributed by atoms with Crippen molar-refractivity contribution < 1.29 is 13.0 Å². The van der Waals surface area contributed by atoms with Crippen LogP contribution in [-0.2, 0) is 12.8 Å². The topological polar surface area (TPSA) is 28.3 Å². The summed E-state index contributed by atoms with van der Waals surface area (Å²) in [6.07, 6.45) is 1.27. The van der Waals surface area contributed by atoms with Gasteiger partial charge in [0.15, 0.2) is 0 Å². The molecular weight excluding hydrogens is 212 g/mol. The fourth-order valence-electron chi connectivity index (χ4n) is 2.46. The van der Waals surface area contributed by atoms with E-state index in [1.807, 2.05) is 6.07 Å². The smallest absolute Gasteiger partial charge is 0.120 e. The van der Waals surface area contributed by atoms with E-state index in [2.05, 4.69) is 4.98 Å². The molecule has 1 aliphatic rings. The number of nitrogens with one attached hydrogen (secondary N) is 1. The van der Waals surface area contributed by atoms with E-state index in [1.54, 1.807) is 12.1 Å². The lowest BCUT2D eigenvalue weighted by Crippen LogP contribution is -2.21. The molecule has 0 saturated heterocycles. The minimum atomic E-state index is -2.47. The molecule has 1 aromatic heterocycles. The number of rotatable bonds is 1. The Kier molecular flexibility index (Phi) is 1.42. The maximum absolute atomic E-state index is 7.54. The van der Waals surface area contributed by atoms with Crippen LogP contribution in [0.4, 0.5) is 0 Å². The molecule has 0 amide bonds. The van der Waals surface area contributed by atoms with E-state index in [0.29, 0.717) is 25.9 Å². The van der Waals surface area contributed by atoms with E-state index in [1.165, 1.54) is 4.90 Å². The van der Waals surface area contributed by atoms with Crippen molar-refractivity contribution in [2.24, 2.45) is 0 Å². The van der Waals surface area contributed by atoms with Crippen LogP contribution in [0.15, 0.2) is 18.2 Å². The second kappa shape index (κ2) is 4.08. The van der Waals surface area contributed by atoms with Gasteiger partial charge in [0.2, 0.25) is 0 Å². The van der Waals surface area contributed by atoms with Crippen molar-refractivity contribution in [3.8, 4) is 5.75 Å². The third-order valence-corrected chi connectivity index (χ3v) is 3.35. The van der Waals surface area contributed by atoms with Crippen LogP contribution in [0, 0.1) is 0 Å². The molecule has 1 aromatic carbocycles. The molecule has 2 aromatic rings. The first kappa shape index (κ1) is 5.91. The number of likely N-dealkylation sites (N-methyl/N-ethyl adjacent to an activating group) is 1. The summed E-state index contributed by atoms with van der Waals surface area (Å²) in [4.78, 5) is 4.79. The summed E-state index contributed by atoms with van der Waals surface area (Å²) < 4.78 is 49.0. The number of hydrogen-bond donors (Lipinski definition) is 1. The van der Waals surface area contributed by atoms with E-state index in [-0.39, 0.29) is 5.75 Å². The van der Waals surface area contributed by atoms with Gasteiger partial charge < -0.3 is 14.6 Å². The molecular formula is C14H18N2O. The number of benzene rings is 1. The van der Waals surface area contributed by atoms with E-state index in [9.17, 15) is 0 Å². The molecule has 3 heteroatoms. The zero-order chi connectivity index (χ0) is 16.8. The molecule has 1 N–H and O–H groups in total. The van der Waals surface area contributed by atoms with Crippen LogP contribution >= 0.6 is 0 Å². The third-order valence-electron chi connectivity index (χ3n) is 3.35. The highest BCUT2D eigenvalue weighted by atomic mass is 16.5. The molecule has 0 atom stereocenters. The highest BCUT2D eigenvalue weighted by Crippen LogP contribution is 2.28. The Morgan fingerprint density at radius 3 is 3.18 bits per heavy atom. The summed E-state index contributed by atoms with van der Waals surface area (Å²) in [5.41, 5.74) is 2.93. The molecule has 2 heterocycles. The second-order valence-corrected chi connectivity index (χ2v) is 4.38. The Morgan fingerprint density at radius 1 is 1.35 bits per heavy atom. The number of H-pyrrole nitrogens is 1. The fraction of sp³-hybridized carbons (Fsp3) is 0.429. The minimum Gasteiger partial charge on any atom is -0.497 e. The van der Waals surface area contributed by atoms with Gasteiger partial charge in [-0.2, -0.15) is 0 Å². The fourth-order valence-corrected chi connectivity index (χ4v) is 2.46. The summed E-state index contributed by atoms with van der Waals surface area (Å²) in [7, 11) is -2.47. The van der Waals surface area contributed by atoms with E-state index in [0.717, 1.165) is 22.2 Å². The number of ether oxygens (including phenoxy) is 1. The lowest BCUT2D eigenvalue weighted by atomic mass is 10.1. The van der Waals surface area contributed by atoms with Gasteiger partial charge in [-0.15, -0.1) is 0 Å². The highest BCUT2D eigenvalue weighted by Gasteiger charge is 2.16. The Balaban J connectivity index is 1.89. The van der Waals surface area contributed by atoms with Crippen molar-refractivity contribution in [1.82, 2.24) is 9.88 Å². The lowest BCUT2D eigenvalue weighted by molar-refractivity contribution is 0.352. The summed E-state index contributed by atoms with van der Waals surface area (Å²) >= 11 is 0. The van der Waals surface area contributed by atoms with Crippen molar-refractivity contribution in [2.75, 3.05) is 27.1 Å². The maximum Gasteiger partial charge on any atom is 0.120 e. The van der Waals surface area contributed by atoms with Gasteiger partial charge in [0.25, 0.3) is 0 Å². The Morgan fingerprint density at radius 2 is 2.29 bits per heavy atom. The summed E-state index contributed by atoms with van der Waals surface area (Å²) in [6, 6.07) is 5.14. The largest absolute Gasteiger partial charge is 0.497 e. The first-order valence-corrected chi connectivity index (χ1v) is 5.71. The Hall–Kier alpha value is -1.48. The molecule has 1 aliphatic heterocycles. The van der Waals surface area contributed by atoms with Crippen molar-refractivity contribution in [2.45, 2.75) is 12.8 Å². The van der Waals surface area contributed by atoms with Gasteiger partial charge in [-0.1, -0.05) is 0 Å². The van der Waals surface area contributed by atoms with Gasteiger partial charge in [-0.3, -0.25) is 0 Å². The molecule has 0 radical (unpaired) electrons. The SMILES string of the molecule is [2H]C([2H])([2H])Oc1ccc2c3c([nH]c2c1)CCN(C([2H])([2H])[2H])CC3.